The van der Waals surface area contributed by atoms with Gasteiger partial charge in [0.1, 0.15) is 17.8 Å². The maximum Gasteiger partial charge on any atom is 0.255 e. The number of hydrogen-bond acceptors (Lipinski definition) is 5. The molecule has 2 atom stereocenters. The SMILES string of the molecule is CC(C)C[C@@H]1NC(=O)CC[C@@H](C(=O)NCc2ccccc2)NC(=O)c2ccccc2OCCCCCCNC1=O. The maximum atomic E-state index is 13.3. The predicted octanol–water partition coefficient (Wildman–Crippen LogP) is 3.48. The Balaban J connectivity index is 1.78. The van der Waals surface area contributed by atoms with E-state index >= 15 is 0 Å². The molecular formula is C31H42N4O5. The summed E-state index contributed by atoms with van der Waals surface area (Å²) in [5, 5.41) is 11.5. The number of fused-ring (bicyclic) bond motifs is 1. The molecule has 0 saturated heterocycles. The Morgan fingerprint density at radius 2 is 1.68 bits per heavy atom. The van der Waals surface area contributed by atoms with Crippen LogP contribution in [-0.4, -0.2) is 48.9 Å². The number of carbonyl (C=O) groups excluding carboxylic acids is 4. The topological polar surface area (TPSA) is 126 Å². The van der Waals surface area contributed by atoms with Crippen LogP contribution in [0.5, 0.6) is 5.75 Å². The standard InChI is InChI=1S/C31H42N4O5/c1-22(2)20-26-31(39)32-18-10-3-4-11-19-40-27-15-9-8-14-24(27)29(37)35-25(16-17-28(36)34-26)30(38)33-21-23-12-6-5-7-13-23/h5-9,12-15,22,25-26H,3-4,10-11,16-21H2,1-2H3,(H,32,39)(H,33,38)(H,34,36)(H,35,37)/t25-,26-/m0/s1. The zero-order chi connectivity index (χ0) is 28.7. The first-order chi connectivity index (χ1) is 19.3. The van der Waals surface area contributed by atoms with Crippen LogP contribution in [0.25, 0.3) is 0 Å². The van der Waals surface area contributed by atoms with Crippen molar-refractivity contribution in [2.24, 2.45) is 5.92 Å². The molecule has 9 nitrogen and oxygen atoms in total. The van der Waals surface area contributed by atoms with E-state index in [0.29, 0.717) is 30.9 Å². The van der Waals surface area contributed by atoms with Crippen LogP contribution < -0.4 is 26.0 Å². The molecular weight excluding hydrogens is 508 g/mol. The van der Waals surface area contributed by atoms with Gasteiger partial charge in [-0.25, -0.2) is 0 Å². The van der Waals surface area contributed by atoms with Crippen LogP contribution in [0.4, 0.5) is 0 Å². The fourth-order valence-electron chi connectivity index (χ4n) is 4.54. The lowest BCUT2D eigenvalue weighted by Crippen LogP contribution is -2.49. The lowest BCUT2D eigenvalue weighted by molar-refractivity contribution is -0.129. The largest absolute Gasteiger partial charge is 0.493 e. The van der Waals surface area contributed by atoms with Crippen molar-refractivity contribution in [3.8, 4) is 5.75 Å². The summed E-state index contributed by atoms with van der Waals surface area (Å²) in [6, 6.07) is 14.8. The third-order valence-corrected chi connectivity index (χ3v) is 6.71. The number of amides is 4. The number of carbonyl (C=O) groups is 4. The minimum Gasteiger partial charge on any atom is -0.493 e. The summed E-state index contributed by atoms with van der Waals surface area (Å²) in [5.74, 6) is -0.755. The molecule has 0 fully saturated rings. The minimum atomic E-state index is -0.963. The number of benzene rings is 2. The van der Waals surface area contributed by atoms with Crippen LogP contribution in [0.3, 0.4) is 0 Å². The molecule has 0 spiro atoms. The fraction of sp³-hybridized carbons (Fsp3) is 0.484. The lowest BCUT2D eigenvalue weighted by Gasteiger charge is -2.22. The van der Waals surface area contributed by atoms with Gasteiger partial charge in [0.05, 0.1) is 12.2 Å². The van der Waals surface area contributed by atoms with Crippen LogP contribution in [0.15, 0.2) is 54.6 Å². The summed E-state index contributed by atoms with van der Waals surface area (Å²) in [7, 11) is 0. The molecule has 0 aromatic heterocycles. The molecule has 1 heterocycles. The maximum absolute atomic E-state index is 13.3. The molecule has 0 aliphatic carbocycles. The third-order valence-electron chi connectivity index (χ3n) is 6.71. The van der Waals surface area contributed by atoms with Crippen molar-refractivity contribution in [2.75, 3.05) is 13.2 Å². The van der Waals surface area contributed by atoms with E-state index in [1.807, 2.05) is 44.2 Å². The number of para-hydroxylation sites is 1. The van der Waals surface area contributed by atoms with Crippen LogP contribution >= 0.6 is 0 Å². The van der Waals surface area contributed by atoms with Crippen LogP contribution in [0.1, 0.15) is 74.7 Å². The van der Waals surface area contributed by atoms with Crippen LogP contribution in [-0.2, 0) is 20.9 Å². The van der Waals surface area contributed by atoms with E-state index in [2.05, 4.69) is 21.3 Å². The molecule has 0 radical (unpaired) electrons. The second-order valence-electron chi connectivity index (χ2n) is 10.6. The van der Waals surface area contributed by atoms with Crippen LogP contribution in [0.2, 0.25) is 0 Å². The van der Waals surface area contributed by atoms with Gasteiger partial charge < -0.3 is 26.0 Å². The molecule has 0 unspecified atom stereocenters. The normalized spacial score (nSPS) is 19.9. The first kappa shape index (κ1) is 30.7. The molecule has 0 saturated carbocycles. The smallest absolute Gasteiger partial charge is 0.255 e. The molecule has 0 bridgehead atoms. The summed E-state index contributed by atoms with van der Waals surface area (Å²) in [6.07, 6.45) is 4.00. The molecule has 216 valence electrons. The van der Waals surface area contributed by atoms with Gasteiger partial charge in [0, 0.05) is 19.5 Å². The zero-order valence-electron chi connectivity index (χ0n) is 23.5. The molecule has 1 aliphatic heterocycles. The van der Waals surface area contributed by atoms with Gasteiger partial charge in [0.2, 0.25) is 17.7 Å². The van der Waals surface area contributed by atoms with E-state index in [-0.39, 0.29) is 37.1 Å². The quantitative estimate of drug-likeness (QED) is 0.454. The van der Waals surface area contributed by atoms with Crippen molar-refractivity contribution in [1.82, 2.24) is 21.3 Å². The highest BCUT2D eigenvalue weighted by atomic mass is 16.5. The van der Waals surface area contributed by atoms with E-state index in [4.69, 9.17) is 4.74 Å². The van der Waals surface area contributed by atoms with Gasteiger partial charge in [0.15, 0.2) is 0 Å². The van der Waals surface area contributed by atoms with E-state index < -0.39 is 23.9 Å². The van der Waals surface area contributed by atoms with Crippen molar-refractivity contribution in [3.63, 3.8) is 0 Å². The van der Waals surface area contributed by atoms with Crippen LogP contribution in [0, 0.1) is 5.92 Å². The van der Waals surface area contributed by atoms with Gasteiger partial charge in [-0.3, -0.25) is 19.2 Å². The fourth-order valence-corrected chi connectivity index (χ4v) is 4.54. The number of ether oxygens (including phenoxy) is 1. The molecule has 9 heteroatoms. The molecule has 2 aromatic carbocycles. The second-order valence-corrected chi connectivity index (χ2v) is 10.6. The van der Waals surface area contributed by atoms with E-state index in [1.54, 1.807) is 24.3 Å². The average Bonchev–Trinajstić information content (AvgIpc) is 2.94. The summed E-state index contributed by atoms with van der Waals surface area (Å²) < 4.78 is 5.91. The van der Waals surface area contributed by atoms with E-state index in [1.165, 1.54) is 0 Å². The van der Waals surface area contributed by atoms with Crippen molar-refractivity contribution in [2.45, 2.75) is 77.4 Å². The zero-order valence-corrected chi connectivity index (χ0v) is 23.5. The van der Waals surface area contributed by atoms with E-state index in [9.17, 15) is 19.2 Å². The lowest BCUT2D eigenvalue weighted by atomic mass is 10.0. The highest BCUT2D eigenvalue weighted by molar-refractivity contribution is 5.99. The van der Waals surface area contributed by atoms with Gasteiger partial charge in [0.25, 0.3) is 5.91 Å². The Kier molecular flexibility index (Phi) is 12.5. The average molecular weight is 551 g/mol. The third kappa shape index (κ3) is 10.4. The molecule has 2 aromatic rings. The Morgan fingerprint density at radius 3 is 2.45 bits per heavy atom. The number of nitrogens with one attached hydrogen (secondary N) is 4. The van der Waals surface area contributed by atoms with Gasteiger partial charge >= 0.3 is 0 Å². The summed E-state index contributed by atoms with van der Waals surface area (Å²) in [4.78, 5) is 52.3. The molecule has 4 amide bonds. The van der Waals surface area contributed by atoms with E-state index in [0.717, 1.165) is 31.2 Å². The van der Waals surface area contributed by atoms with Gasteiger partial charge in [-0.2, -0.15) is 0 Å². The Hall–Kier alpha value is -3.88. The van der Waals surface area contributed by atoms with Crippen molar-refractivity contribution < 1.29 is 23.9 Å². The summed E-state index contributed by atoms with van der Waals surface area (Å²) >= 11 is 0. The highest BCUT2D eigenvalue weighted by Gasteiger charge is 2.26. The molecule has 1 aliphatic rings. The molecule has 3 rings (SSSR count). The number of rotatable bonds is 5. The second kappa shape index (κ2) is 16.3. The summed E-state index contributed by atoms with van der Waals surface area (Å²) in [5.41, 5.74) is 1.25. The Labute approximate surface area is 236 Å². The Morgan fingerprint density at radius 1 is 0.950 bits per heavy atom. The monoisotopic (exact) mass is 550 g/mol. The summed E-state index contributed by atoms with van der Waals surface area (Å²) in [6.45, 7) is 5.27. The van der Waals surface area contributed by atoms with Crippen molar-refractivity contribution in [3.05, 3.63) is 65.7 Å². The van der Waals surface area contributed by atoms with Crippen molar-refractivity contribution in [1.29, 1.82) is 0 Å². The predicted molar refractivity (Wildman–Crippen MR) is 154 cm³/mol. The van der Waals surface area contributed by atoms with Gasteiger partial charge in [-0.05, 0) is 49.3 Å². The molecule has 4 N–H and O–H groups in total. The molecule has 40 heavy (non-hydrogen) atoms. The van der Waals surface area contributed by atoms with Gasteiger partial charge in [-0.1, -0.05) is 69.2 Å². The van der Waals surface area contributed by atoms with Gasteiger partial charge in [-0.15, -0.1) is 0 Å². The first-order valence-corrected chi connectivity index (χ1v) is 14.2. The van der Waals surface area contributed by atoms with Crippen molar-refractivity contribution >= 4 is 23.6 Å². The number of hydrogen-bond donors (Lipinski definition) is 4. The Bertz CT molecular complexity index is 1120. The minimum absolute atomic E-state index is 0.0380. The highest BCUT2D eigenvalue weighted by Crippen LogP contribution is 2.19. The first-order valence-electron chi connectivity index (χ1n) is 14.2.